The zero-order valence-electron chi connectivity index (χ0n) is 13.7. The van der Waals surface area contributed by atoms with E-state index in [2.05, 4.69) is 15.1 Å². The van der Waals surface area contributed by atoms with Gasteiger partial charge in [0.15, 0.2) is 11.6 Å². The molecule has 1 aliphatic carbocycles. The van der Waals surface area contributed by atoms with Gasteiger partial charge in [-0.05, 0) is 6.42 Å². The SMILES string of the molecule is O=C1CCCc2occ(-c3cc(=O)n4[nH]c(-c5ccccc5)nc4n3)c21. The van der Waals surface area contributed by atoms with Crippen LogP contribution < -0.4 is 5.56 Å². The Morgan fingerprint density at radius 2 is 1.92 bits per heavy atom. The fraction of sp³-hybridized carbons (Fsp3) is 0.158. The van der Waals surface area contributed by atoms with Gasteiger partial charge < -0.3 is 4.42 Å². The van der Waals surface area contributed by atoms with Gasteiger partial charge in [0, 0.05) is 30.0 Å². The van der Waals surface area contributed by atoms with Crippen molar-refractivity contribution in [3.8, 4) is 22.6 Å². The molecule has 26 heavy (non-hydrogen) atoms. The van der Waals surface area contributed by atoms with Crippen LogP contribution in [0.3, 0.4) is 0 Å². The molecule has 0 atom stereocenters. The Labute approximate surface area is 147 Å². The second-order valence-electron chi connectivity index (χ2n) is 6.28. The first-order valence-electron chi connectivity index (χ1n) is 8.40. The van der Waals surface area contributed by atoms with E-state index in [0.29, 0.717) is 34.8 Å². The highest BCUT2D eigenvalue weighted by Crippen LogP contribution is 2.32. The second-order valence-corrected chi connectivity index (χ2v) is 6.28. The van der Waals surface area contributed by atoms with Gasteiger partial charge >= 0.3 is 0 Å². The van der Waals surface area contributed by atoms with E-state index < -0.39 is 0 Å². The van der Waals surface area contributed by atoms with Crippen LogP contribution in [0.4, 0.5) is 0 Å². The van der Waals surface area contributed by atoms with Crippen molar-refractivity contribution in [2.24, 2.45) is 0 Å². The van der Waals surface area contributed by atoms with Crippen LogP contribution >= 0.6 is 0 Å². The molecule has 1 N–H and O–H groups in total. The number of benzene rings is 1. The number of hydrogen-bond acceptors (Lipinski definition) is 5. The summed E-state index contributed by atoms with van der Waals surface area (Å²) in [6.45, 7) is 0. The fourth-order valence-corrected chi connectivity index (χ4v) is 3.35. The highest BCUT2D eigenvalue weighted by Gasteiger charge is 2.26. The van der Waals surface area contributed by atoms with Crippen molar-refractivity contribution in [1.29, 1.82) is 0 Å². The van der Waals surface area contributed by atoms with Crippen LogP contribution in [0, 0.1) is 0 Å². The molecular weight excluding hydrogens is 332 g/mol. The van der Waals surface area contributed by atoms with E-state index in [4.69, 9.17) is 4.42 Å². The zero-order chi connectivity index (χ0) is 17.7. The monoisotopic (exact) mass is 346 g/mol. The Balaban J connectivity index is 1.68. The molecule has 4 aromatic rings. The molecule has 1 aromatic carbocycles. The van der Waals surface area contributed by atoms with Crippen LogP contribution in [0.25, 0.3) is 28.4 Å². The number of nitrogens with zero attached hydrogens (tertiary/aromatic N) is 3. The number of aromatic nitrogens is 4. The Hall–Kier alpha value is -3.48. The van der Waals surface area contributed by atoms with Crippen LogP contribution in [0.1, 0.15) is 29.0 Å². The average Bonchev–Trinajstić information content (AvgIpc) is 3.27. The lowest BCUT2D eigenvalue weighted by molar-refractivity contribution is 0.0970. The predicted molar refractivity (Wildman–Crippen MR) is 94.0 cm³/mol. The van der Waals surface area contributed by atoms with Crippen molar-refractivity contribution in [2.45, 2.75) is 19.3 Å². The third kappa shape index (κ3) is 2.21. The number of furan rings is 1. The maximum absolute atomic E-state index is 12.5. The number of aromatic amines is 1. The Morgan fingerprint density at radius 3 is 2.77 bits per heavy atom. The maximum atomic E-state index is 12.5. The average molecular weight is 346 g/mol. The summed E-state index contributed by atoms with van der Waals surface area (Å²) >= 11 is 0. The largest absolute Gasteiger partial charge is 0.468 e. The van der Waals surface area contributed by atoms with Crippen molar-refractivity contribution < 1.29 is 9.21 Å². The highest BCUT2D eigenvalue weighted by atomic mass is 16.3. The second kappa shape index (κ2) is 5.52. The highest BCUT2D eigenvalue weighted by molar-refractivity contribution is 6.03. The smallest absolute Gasteiger partial charge is 0.274 e. The van der Waals surface area contributed by atoms with E-state index in [-0.39, 0.29) is 17.1 Å². The summed E-state index contributed by atoms with van der Waals surface area (Å²) in [5.41, 5.74) is 2.08. The quantitative estimate of drug-likeness (QED) is 0.602. The van der Waals surface area contributed by atoms with Gasteiger partial charge in [0.05, 0.1) is 11.3 Å². The molecule has 0 bridgehead atoms. The summed E-state index contributed by atoms with van der Waals surface area (Å²) in [5.74, 6) is 1.51. The number of carbonyl (C=O) groups is 1. The van der Waals surface area contributed by atoms with E-state index in [0.717, 1.165) is 18.4 Å². The van der Waals surface area contributed by atoms with Gasteiger partial charge in [0.25, 0.3) is 11.3 Å². The first kappa shape index (κ1) is 14.8. The zero-order valence-corrected chi connectivity index (χ0v) is 13.7. The van der Waals surface area contributed by atoms with Gasteiger partial charge in [-0.2, -0.15) is 9.50 Å². The number of fused-ring (bicyclic) bond motifs is 2. The Bertz CT molecular complexity index is 1200. The molecule has 0 spiro atoms. The van der Waals surface area contributed by atoms with E-state index in [1.807, 2.05) is 30.3 Å². The number of Topliss-reactive ketones (excluding diaryl/α,β-unsaturated/α-hetero) is 1. The van der Waals surface area contributed by atoms with Crippen LogP contribution in [0.2, 0.25) is 0 Å². The molecule has 7 nitrogen and oxygen atoms in total. The van der Waals surface area contributed by atoms with E-state index in [9.17, 15) is 9.59 Å². The van der Waals surface area contributed by atoms with Gasteiger partial charge in [-0.15, -0.1) is 0 Å². The van der Waals surface area contributed by atoms with E-state index in [1.54, 1.807) is 0 Å². The Kier molecular flexibility index (Phi) is 3.15. The van der Waals surface area contributed by atoms with Crippen LogP contribution in [0.15, 0.2) is 51.9 Å². The van der Waals surface area contributed by atoms with Crippen LogP contribution in [-0.2, 0) is 6.42 Å². The van der Waals surface area contributed by atoms with Crippen molar-refractivity contribution >= 4 is 11.6 Å². The molecule has 1 aliphatic rings. The molecule has 0 saturated heterocycles. The first-order chi connectivity index (χ1) is 12.7. The van der Waals surface area contributed by atoms with Crippen molar-refractivity contribution in [1.82, 2.24) is 19.6 Å². The number of carbonyl (C=O) groups excluding carboxylic acids is 1. The van der Waals surface area contributed by atoms with Crippen molar-refractivity contribution in [3.63, 3.8) is 0 Å². The molecule has 0 fully saturated rings. The van der Waals surface area contributed by atoms with Gasteiger partial charge in [-0.25, -0.2) is 4.98 Å². The minimum atomic E-state index is -0.294. The van der Waals surface area contributed by atoms with Gasteiger partial charge in [0.2, 0.25) is 0 Å². The number of hydrogen-bond donors (Lipinski definition) is 1. The summed E-state index contributed by atoms with van der Waals surface area (Å²) in [6.07, 6.45) is 3.51. The molecule has 128 valence electrons. The summed E-state index contributed by atoms with van der Waals surface area (Å²) < 4.78 is 6.83. The molecule has 3 heterocycles. The summed E-state index contributed by atoms with van der Waals surface area (Å²) in [5, 5.41) is 2.96. The van der Waals surface area contributed by atoms with Crippen molar-refractivity contribution in [3.05, 3.63) is 64.3 Å². The lowest BCUT2D eigenvalue weighted by atomic mass is 9.93. The summed E-state index contributed by atoms with van der Waals surface area (Å²) in [6, 6.07) is 10.9. The number of nitrogens with one attached hydrogen (secondary N) is 1. The van der Waals surface area contributed by atoms with Gasteiger partial charge in [-0.1, -0.05) is 30.3 Å². The molecule has 0 amide bonds. The molecule has 0 aliphatic heterocycles. The number of ketones is 1. The van der Waals surface area contributed by atoms with Crippen LogP contribution in [0.5, 0.6) is 0 Å². The molecular formula is C19H14N4O3. The van der Waals surface area contributed by atoms with E-state index >= 15 is 0 Å². The summed E-state index contributed by atoms with van der Waals surface area (Å²) in [4.78, 5) is 33.7. The number of H-pyrrole nitrogens is 1. The predicted octanol–water partition coefficient (Wildman–Crippen LogP) is 2.86. The molecule has 0 radical (unpaired) electrons. The number of aryl methyl sites for hydroxylation is 1. The van der Waals surface area contributed by atoms with Crippen molar-refractivity contribution in [2.75, 3.05) is 0 Å². The minimum Gasteiger partial charge on any atom is -0.468 e. The lowest BCUT2D eigenvalue weighted by Crippen LogP contribution is -2.15. The van der Waals surface area contributed by atoms with E-state index in [1.165, 1.54) is 16.8 Å². The third-order valence-corrected chi connectivity index (χ3v) is 4.61. The summed E-state index contributed by atoms with van der Waals surface area (Å²) in [7, 11) is 0. The molecule has 3 aromatic heterocycles. The molecule has 5 rings (SSSR count). The molecule has 0 saturated carbocycles. The van der Waals surface area contributed by atoms with Crippen LogP contribution in [-0.4, -0.2) is 25.4 Å². The molecule has 7 heteroatoms. The minimum absolute atomic E-state index is 0.0315. The fourth-order valence-electron chi connectivity index (χ4n) is 3.35. The topological polar surface area (TPSA) is 93.3 Å². The lowest BCUT2D eigenvalue weighted by Gasteiger charge is -2.09. The third-order valence-electron chi connectivity index (χ3n) is 4.61. The maximum Gasteiger partial charge on any atom is 0.274 e. The standard InChI is InChI=1S/C19H14N4O3/c24-14-7-4-8-15-17(14)12(10-26-15)13-9-16(25)23-19(20-13)21-18(22-23)11-5-2-1-3-6-11/h1-3,5-6,9-10H,4,7-8H2,(H,20,21,22). The van der Waals surface area contributed by atoms with Gasteiger partial charge in [0.1, 0.15) is 12.0 Å². The molecule has 0 unspecified atom stereocenters. The number of rotatable bonds is 2. The normalized spacial score (nSPS) is 13.9. The first-order valence-corrected chi connectivity index (χ1v) is 8.40. The van der Waals surface area contributed by atoms with Gasteiger partial charge in [-0.3, -0.25) is 14.7 Å². The Morgan fingerprint density at radius 1 is 1.08 bits per heavy atom.